The Morgan fingerprint density at radius 2 is 1.52 bits per heavy atom. The van der Waals surface area contributed by atoms with Crippen molar-refractivity contribution in [1.82, 2.24) is 0 Å². The third-order valence-electron chi connectivity index (χ3n) is 4.27. The van der Waals surface area contributed by atoms with Crippen molar-refractivity contribution in [2.45, 2.75) is 20.3 Å². The molecule has 0 aliphatic rings. The summed E-state index contributed by atoms with van der Waals surface area (Å²) in [4.78, 5) is 0. The van der Waals surface area contributed by atoms with Crippen LogP contribution in [-0.4, -0.2) is 5.11 Å². The molecule has 0 heterocycles. The van der Waals surface area contributed by atoms with Crippen LogP contribution in [0.4, 0.5) is 11.4 Å². The van der Waals surface area contributed by atoms with Crippen LogP contribution >= 0.6 is 12.2 Å². The molecule has 0 amide bonds. The molecule has 3 heteroatoms. The summed E-state index contributed by atoms with van der Waals surface area (Å²) in [6.45, 7) is 4.21. The van der Waals surface area contributed by atoms with Crippen LogP contribution in [0.1, 0.15) is 22.3 Å². The first kappa shape index (κ1) is 17.2. The molecule has 0 bridgehead atoms. The van der Waals surface area contributed by atoms with Crippen LogP contribution in [0.15, 0.2) is 72.8 Å². The molecule has 0 radical (unpaired) electrons. The molecule has 0 spiro atoms. The first-order valence-corrected chi connectivity index (χ1v) is 8.80. The van der Waals surface area contributed by atoms with Gasteiger partial charge in [0.2, 0.25) is 0 Å². The highest BCUT2D eigenvalue weighted by atomic mass is 32.1. The topological polar surface area (TPSA) is 24.1 Å². The zero-order valence-electron chi connectivity index (χ0n) is 14.5. The number of thiocarbonyl (C=S) groups is 1. The number of aryl methyl sites for hydroxylation is 2. The maximum atomic E-state index is 5.50. The van der Waals surface area contributed by atoms with Crippen LogP contribution in [0.5, 0.6) is 0 Å². The summed E-state index contributed by atoms with van der Waals surface area (Å²) in [5, 5.41) is 7.20. The lowest BCUT2D eigenvalue weighted by molar-refractivity contribution is 1.19. The fourth-order valence-corrected chi connectivity index (χ4v) is 2.94. The lowest BCUT2D eigenvalue weighted by Crippen LogP contribution is -2.20. The standard InChI is InChI=1S/C22H22N2S/c1-16-12-13-20(14-17(16)2)23-22(25)24-21-11-7-6-10-19(21)15-18-8-4-3-5-9-18/h3-14H,15H2,1-2H3,(H2,23,24,25). The molecule has 3 aromatic rings. The van der Waals surface area contributed by atoms with Gasteiger partial charge in [-0.05, 0) is 72.9 Å². The summed E-state index contributed by atoms with van der Waals surface area (Å²) in [7, 11) is 0. The Balaban J connectivity index is 1.72. The van der Waals surface area contributed by atoms with E-state index in [1.807, 2.05) is 18.2 Å². The number of hydrogen-bond donors (Lipinski definition) is 2. The summed E-state index contributed by atoms with van der Waals surface area (Å²) < 4.78 is 0. The predicted molar refractivity (Wildman–Crippen MR) is 111 cm³/mol. The molecular formula is C22H22N2S. The Hall–Kier alpha value is -2.65. The van der Waals surface area contributed by atoms with Crippen LogP contribution in [0.3, 0.4) is 0 Å². The van der Waals surface area contributed by atoms with Gasteiger partial charge in [0, 0.05) is 11.4 Å². The minimum absolute atomic E-state index is 0.601. The minimum atomic E-state index is 0.601. The van der Waals surface area contributed by atoms with E-state index in [9.17, 15) is 0 Å². The molecule has 0 fully saturated rings. The Kier molecular flexibility index (Phi) is 5.46. The molecule has 0 aliphatic heterocycles. The quantitative estimate of drug-likeness (QED) is 0.592. The van der Waals surface area contributed by atoms with E-state index in [0.717, 1.165) is 17.8 Å². The first-order chi connectivity index (χ1) is 12.1. The largest absolute Gasteiger partial charge is 0.332 e. The van der Waals surface area contributed by atoms with Gasteiger partial charge in [-0.3, -0.25) is 0 Å². The number of hydrogen-bond acceptors (Lipinski definition) is 1. The van der Waals surface area contributed by atoms with E-state index < -0.39 is 0 Å². The molecule has 0 aliphatic carbocycles. The van der Waals surface area contributed by atoms with Crippen molar-refractivity contribution in [2.24, 2.45) is 0 Å². The zero-order valence-corrected chi connectivity index (χ0v) is 15.4. The number of nitrogens with one attached hydrogen (secondary N) is 2. The molecular weight excluding hydrogens is 324 g/mol. The van der Waals surface area contributed by atoms with Gasteiger partial charge in [0.15, 0.2) is 5.11 Å². The highest BCUT2D eigenvalue weighted by Gasteiger charge is 2.06. The van der Waals surface area contributed by atoms with Crippen molar-refractivity contribution >= 4 is 28.7 Å². The average molecular weight is 346 g/mol. The van der Waals surface area contributed by atoms with E-state index in [-0.39, 0.29) is 0 Å². The molecule has 0 saturated carbocycles. The second-order valence-corrected chi connectivity index (χ2v) is 6.61. The van der Waals surface area contributed by atoms with E-state index in [2.05, 4.69) is 79.1 Å². The van der Waals surface area contributed by atoms with E-state index in [0.29, 0.717) is 5.11 Å². The van der Waals surface area contributed by atoms with Gasteiger partial charge in [-0.1, -0.05) is 54.6 Å². The highest BCUT2D eigenvalue weighted by molar-refractivity contribution is 7.80. The van der Waals surface area contributed by atoms with Gasteiger partial charge in [0.1, 0.15) is 0 Å². The average Bonchev–Trinajstić information content (AvgIpc) is 2.61. The van der Waals surface area contributed by atoms with E-state index in [1.165, 1.54) is 22.3 Å². The van der Waals surface area contributed by atoms with Crippen molar-refractivity contribution in [3.8, 4) is 0 Å². The van der Waals surface area contributed by atoms with E-state index in [1.54, 1.807) is 0 Å². The summed E-state index contributed by atoms with van der Waals surface area (Å²) >= 11 is 5.50. The minimum Gasteiger partial charge on any atom is -0.332 e. The molecule has 2 N–H and O–H groups in total. The third kappa shape index (κ3) is 4.68. The van der Waals surface area contributed by atoms with Gasteiger partial charge < -0.3 is 10.6 Å². The molecule has 2 nitrogen and oxygen atoms in total. The normalized spacial score (nSPS) is 10.3. The second-order valence-electron chi connectivity index (χ2n) is 6.20. The summed E-state index contributed by atoms with van der Waals surface area (Å²) in [5.74, 6) is 0. The van der Waals surface area contributed by atoms with Crippen molar-refractivity contribution in [3.05, 3.63) is 95.1 Å². The third-order valence-corrected chi connectivity index (χ3v) is 4.47. The zero-order chi connectivity index (χ0) is 17.6. The Labute approximate surface area is 154 Å². The van der Waals surface area contributed by atoms with Crippen LogP contribution in [0.25, 0.3) is 0 Å². The number of para-hydroxylation sites is 1. The van der Waals surface area contributed by atoms with Crippen LogP contribution in [-0.2, 0) is 6.42 Å². The van der Waals surface area contributed by atoms with Gasteiger partial charge >= 0.3 is 0 Å². The molecule has 0 atom stereocenters. The maximum Gasteiger partial charge on any atom is 0.175 e. The van der Waals surface area contributed by atoms with Gasteiger partial charge in [0.05, 0.1) is 0 Å². The number of rotatable bonds is 4. The van der Waals surface area contributed by atoms with Crippen molar-refractivity contribution < 1.29 is 0 Å². The number of anilines is 2. The predicted octanol–water partition coefficient (Wildman–Crippen LogP) is 5.70. The monoisotopic (exact) mass is 346 g/mol. The Morgan fingerprint density at radius 1 is 0.800 bits per heavy atom. The Morgan fingerprint density at radius 3 is 2.28 bits per heavy atom. The molecule has 25 heavy (non-hydrogen) atoms. The summed E-state index contributed by atoms with van der Waals surface area (Å²) in [6.07, 6.45) is 0.871. The lowest BCUT2D eigenvalue weighted by atomic mass is 10.0. The van der Waals surface area contributed by atoms with Crippen molar-refractivity contribution in [1.29, 1.82) is 0 Å². The molecule has 126 valence electrons. The molecule has 0 saturated heterocycles. The molecule has 0 aromatic heterocycles. The van der Waals surface area contributed by atoms with E-state index in [4.69, 9.17) is 12.2 Å². The van der Waals surface area contributed by atoms with Crippen LogP contribution in [0.2, 0.25) is 0 Å². The van der Waals surface area contributed by atoms with Gasteiger partial charge in [-0.2, -0.15) is 0 Å². The SMILES string of the molecule is Cc1ccc(NC(=S)Nc2ccccc2Cc2ccccc2)cc1C. The fourth-order valence-electron chi connectivity index (χ4n) is 2.72. The molecule has 3 rings (SSSR count). The smallest absolute Gasteiger partial charge is 0.175 e. The van der Waals surface area contributed by atoms with E-state index >= 15 is 0 Å². The molecule has 0 unspecified atom stereocenters. The number of benzene rings is 3. The molecule has 3 aromatic carbocycles. The summed E-state index contributed by atoms with van der Waals surface area (Å²) in [6, 6.07) is 25.0. The second kappa shape index (κ2) is 7.95. The van der Waals surface area contributed by atoms with Gasteiger partial charge in [-0.25, -0.2) is 0 Å². The van der Waals surface area contributed by atoms with Gasteiger partial charge in [-0.15, -0.1) is 0 Å². The first-order valence-electron chi connectivity index (χ1n) is 8.39. The Bertz CT molecular complexity index is 872. The lowest BCUT2D eigenvalue weighted by Gasteiger charge is -2.15. The van der Waals surface area contributed by atoms with Gasteiger partial charge in [0.25, 0.3) is 0 Å². The van der Waals surface area contributed by atoms with Crippen LogP contribution < -0.4 is 10.6 Å². The highest BCUT2D eigenvalue weighted by Crippen LogP contribution is 2.20. The van der Waals surface area contributed by atoms with Crippen molar-refractivity contribution in [3.63, 3.8) is 0 Å². The summed E-state index contributed by atoms with van der Waals surface area (Å²) in [5.41, 5.74) is 7.06. The van der Waals surface area contributed by atoms with Crippen LogP contribution in [0, 0.1) is 13.8 Å². The maximum absolute atomic E-state index is 5.50. The van der Waals surface area contributed by atoms with Crippen molar-refractivity contribution in [2.75, 3.05) is 10.6 Å². The fraction of sp³-hybridized carbons (Fsp3) is 0.136.